The van der Waals surface area contributed by atoms with Crippen molar-refractivity contribution in [2.75, 3.05) is 34.4 Å². The fraction of sp³-hybridized carbons (Fsp3) is 0.600. The molecule has 21 heavy (non-hydrogen) atoms. The van der Waals surface area contributed by atoms with Gasteiger partial charge in [-0.25, -0.2) is 0 Å². The van der Waals surface area contributed by atoms with E-state index in [2.05, 4.69) is 4.90 Å². The van der Waals surface area contributed by atoms with E-state index in [0.717, 1.165) is 11.1 Å². The van der Waals surface area contributed by atoms with Gasteiger partial charge in [-0.1, -0.05) is 0 Å². The number of rotatable bonds is 6. The predicted octanol–water partition coefficient (Wildman–Crippen LogP) is 0.909. The summed E-state index contributed by atoms with van der Waals surface area (Å²) in [5, 5.41) is 9.67. The van der Waals surface area contributed by atoms with E-state index in [4.69, 9.17) is 19.9 Å². The number of ether oxygens (including phenoxy) is 3. The van der Waals surface area contributed by atoms with E-state index in [9.17, 15) is 5.11 Å². The molecule has 1 heterocycles. The average Bonchev–Trinajstić information content (AvgIpc) is 2.80. The predicted molar refractivity (Wildman–Crippen MR) is 80.0 cm³/mol. The first-order valence-corrected chi connectivity index (χ1v) is 7.01. The van der Waals surface area contributed by atoms with E-state index < -0.39 is 6.10 Å². The largest absolute Gasteiger partial charge is 0.493 e. The van der Waals surface area contributed by atoms with E-state index in [-0.39, 0.29) is 6.04 Å². The van der Waals surface area contributed by atoms with Gasteiger partial charge in [0.2, 0.25) is 5.75 Å². The van der Waals surface area contributed by atoms with Gasteiger partial charge in [0.1, 0.15) is 0 Å². The number of benzene rings is 1. The highest BCUT2D eigenvalue weighted by atomic mass is 16.5. The summed E-state index contributed by atoms with van der Waals surface area (Å²) in [7, 11) is 4.81. The fourth-order valence-corrected chi connectivity index (χ4v) is 3.01. The molecule has 1 aliphatic heterocycles. The number of aliphatic hydroxyl groups excluding tert-OH is 1. The van der Waals surface area contributed by atoms with Gasteiger partial charge in [0.05, 0.1) is 27.4 Å². The number of nitrogens with two attached hydrogens (primary N) is 1. The van der Waals surface area contributed by atoms with Crippen molar-refractivity contribution in [1.82, 2.24) is 4.90 Å². The number of aliphatic hydroxyl groups is 1. The molecule has 3 N–H and O–H groups in total. The average molecular weight is 296 g/mol. The first-order valence-electron chi connectivity index (χ1n) is 7.01. The van der Waals surface area contributed by atoms with Crippen molar-refractivity contribution in [2.45, 2.75) is 25.6 Å². The molecule has 6 nitrogen and oxygen atoms in total. The Balaban J connectivity index is 2.51. The summed E-state index contributed by atoms with van der Waals surface area (Å²) in [4.78, 5) is 2.15. The third-order valence-corrected chi connectivity index (χ3v) is 3.85. The second kappa shape index (κ2) is 6.51. The molecule has 0 spiro atoms. The second-order valence-electron chi connectivity index (χ2n) is 5.24. The second-order valence-corrected chi connectivity index (χ2v) is 5.24. The van der Waals surface area contributed by atoms with Gasteiger partial charge < -0.3 is 25.1 Å². The quantitative estimate of drug-likeness (QED) is 0.812. The molecular weight excluding hydrogens is 272 g/mol. The number of nitrogens with zero attached hydrogens (tertiary/aromatic N) is 1. The number of hydrogen-bond donors (Lipinski definition) is 2. The molecule has 0 saturated carbocycles. The van der Waals surface area contributed by atoms with Crippen LogP contribution in [0.5, 0.6) is 17.2 Å². The summed E-state index contributed by atoms with van der Waals surface area (Å²) in [5.74, 6) is 1.90. The van der Waals surface area contributed by atoms with Crippen molar-refractivity contribution < 1.29 is 19.3 Å². The smallest absolute Gasteiger partial charge is 0.203 e. The molecule has 2 unspecified atom stereocenters. The Bertz CT molecular complexity index is 505. The number of fused-ring (bicyclic) bond motifs is 1. The highest BCUT2D eigenvalue weighted by Gasteiger charge is 2.35. The lowest BCUT2D eigenvalue weighted by Gasteiger charge is -2.24. The van der Waals surface area contributed by atoms with Gasteiger partial charge in [-0.05, 0) is 18.6 Å². The maximum Gasteiger partial charge on any atom is 0.203 e. The summed E-state index contributed by atoms with van der Waals surface area (Å²) >= 11 is 0. The van der Waals surface area contributed by atoms with Crippen LogP contribution in [0.3, 0.4) is 0 Å². The third kappa shape index (κ3) is 2.79. The number of hydrogen-bond acceptors (Lipinski definition) is 6. The summed E-state index contributed by atoms with van der Waals surface area (Å²) in [5.41, 5.74) is 8.06. The zero-order valence-corrected chi connectivity index (χ0v) is 13.0. The van der Waals surface area contributed by atoms with E-state index in [1.165, 1.54) is 0 Å². The van der Waals surface area contributed by atoms with Gasteiger partial charge >= 0.3 is 0 Å². The van der Waals surface area contributed by atoms with Crippen molar-refractivity contribution >= 4 is 0 Å². The molecule has 1 aromatic carbocycles. The fourth-order valence-electron chi connectivity index (χ4n) is 3.01. The summed E-state index contributed by atoms with van der Waals surface area (Å²) in [6.07, 6.45) is -0.414. The summed E-state index contributed by atoms with van der Waals surface area (Å²) in [6.45, 7) is 3.48. The van der Waals surface area contributed by atoms with Crippen LogP contribution in [0.4, 0.5) is 0 Å². The van der Waals surface area contributed by atoms with E-state index in [1.807, 2.05) is 6.07 Å². The first kappa shape index (κ1) is 15.9. The Kier molecular flexibility index (Phi) is 4.92. The molecule has 0 aromatic heterocycles. The van der Waals surface area contributed by atoms with Gasteiger partial charge in [-0.2, -0.15) is 0 Å². The standard InChI is InChI=1S/C15H24N2O4/c1-9(18)7-17-8-11-10(12(17)6-16)5-13(19-2)15(21-4)14(11)20-3/h5,9,12,18H,6-8,16H2,1-4H3. The summed E-state index contributed by atoms with van der Waals surface area (Å²) in [6, 6.07) is 2.00. The van der Waals surface area contributed by atoms with Crippen LogP contribution in [-0.4, -0.2) is 50.5 Å². The van der Waals surface area contributed by atoms with Crippen LogP contribution in [0.15, 0.2) is 6.07 Å². The lowest BCUT2D eigenvalue weighted by atomic mass is 10.0. The lowest BCUT2D eigenvalue weighted by molar-refractivity contribution is 0.105. The molecule has 0 bridgehead atoms. The summed E-state index contributed by atoms with van der Waals surface area (Å²) < 4.78 is 16.4. The van der Waals surface area contributed by atoms with Crippen LogP contribution < -0.4 is 19.9 Å². The SMILES string of the molecule is COc1cc2c(c(OC)c1OC)CN(CC(C)O)C2CN. The molecule has 0 fully saturated rings. The number of methoxy groups -OCH3 is 3. The topological polar surface area (TPSA) is 77.2 Å². The molecule has 0 radical (unpaired) electrons. The normalized spacial score (nSPS) is 19.2. The minimum absolute atomic E-state index is 0.0447. The van der Waals surface area contributed by atoms with Crippen molar-refractivity contribution in [3.8, 4) is 17.2 Å². The van der Waals surface area contributed by atoms with Gasteiger partial charge in [0, 0.05) is 31.2 Å². The van der Waals surface area contributed by atoms with Gasteiger partial charge in [0.15, 0.2) is 11.5 Å². The zero-order chi connectivity index (χ0) is 15.6. The van der Waals surface area contributed by atoms with Gasteiger partial charge in [-0.15, -0.1) is 0 Å². The Morgan fingerprint density at radius 3 is 2.43 bits per heavy atom. The first-order chi connectivity index (χ1) is 10.1. The Morgan fingerprint density at radius 2 is 1.95 bits per heavy atom. The molecule has 0 amide bonds. The molecule has 118 valence electrons. The third-order valence-electron chi connectivity index (χ3n) is 3.85. The van der Waals surface area contributed by atoms with Crippen molar-refractivity contribution in [2.24, 2.45) is 5.73 Å². The molecular formula is C15H24N2O4. The molecule has 2 atom stereocenters. The highest BCUT2D eigenvalue weighted by Crippen LogP contribution is 2.48. The number of β-amino-alcohol motifs (C(OH)–C–C–N with tert-alkyl or cyclic N) is 1. The Hall–Kier alpha value is -1.50. The monoisotopic (exact) mass is 296 g/mol. The van der Waals surface area contributed by atoms with Crippen LogP contribution >= 0.6 is 0 Å². The van der Waals surface area contributed by atoms with Crippen molar-refractivity contribution in [1.29, 1.82) is 0 Å². The van der Waals surface area contributed by atoms with Crippen LogP contribution in [0, 0.1) is 0 Å². The van der Waals surface area contributed by atoms with Crippen molar-refractivity contribution in [3.63, 3.8) is 0 Å². The maximum atomic E-state index is 9.67. The molecule has 0 aliphatic carbocycles. The highest BCUT2D eigenvalue weighted by molar-refractivity contribution is 5.61. The molecule has 2 rings (SSSR count). The van der Waals surface area contributed by atoms with E-state index >= 15 is 0 Å². The minimum atomic E-state index is -0.414. The molecule has 6 heteroatoms. The van der Waals surface area contributed by atoms with Crippen molar-refractivity contribution in [3.05, 3.63) is 17.2 Å². The van der Waals surface area contributed by atoms with Gasteiger partial charge in [-0.3, -0.25) is 4.90 Å². The van der Waals surface area contributed by atoms with Crippen LogP contribution in [0.2, 0.25) is 0 Å². The lowest BCUT2D eigenvalue weighted by Crippen LogP contribution is -2.33. The molecule has 1 aliphatic rings. The molecule has 0 saturated heterocycles. The van der Waals surface area contributed by atoms with Crippen LogP contribution in [0.1, 0.15) is 24.1 Å². The minimum Gasteiger partial charge on any atom is -0.493 e. The zero-order valence-electron chi connectivity index (χ0n) is 13.0. The van der Waals surface area contributed by atoms with Crippen LogP contribution in [0.25, 0.3) is 0 Å². The Labute approximate surface area is 125 Å². The van der Waals surface area contributed by atoms with E-state index in [1.54, 1.807) is 28.3 Å². The van der Waals surface area contributed by atoms with Crippen LogP contribution in [-0.2, 0) is 6.54 Å². The maximum absolute atomic E-state index is 9.67. The van der Waals surface area contributed by atoms with Gasteiger partial charge in [0.25, 0.3) is 0 Å². The Morgan fingerprint density at radius 1 is 1.29 bits per heavy atom. The van der Waals surface area contributed by atoms with E-state index in [0.29, 0.717) is 36.9 Å². The molecule has 1 aromatic rings.